The Hall–Kier alpha value is -1.71. The molecule has 0 unspecified atom stereocenters. The Bertz CT molecular complexity index is 1080. The smallest absolute Gasteiger partial charge is 0.404 e. The molecule has 2 amide bonds. The van der Waals surface area contributed by atoms with E-state index in [0.29, 0.717) is 35.5 Å². The van der Waals surface area contributed by atoms with Crippen LogP contribution < -0.4 is 10.6 Å². The predicted octanol–water partition coefficient (Wildman–Crippen LogP) is 6.99. The second-order valence-corrected chi connectivity index (χ2v) is 15.5. The molecular weight excluding hydrogens is 559 g/mol. The highest BCUT2D eigenvalue weighted by Gasteiger charge is 2.68. The minimum Gasteiger partial charge on any atom is -0.404 e. The van der Waals surface area contributed by atoms with Crippen molar-refractivity contribution in [1.29, 1.82) is 0 Å². The summed E-state index contributed by atoms with van der Waals surface area (Å²) >= 11 is 1.36. The van der Waals surface area contributed by atoms with Gasteiger partial charge in [0, 0.05) is 19.4 Å². The summed E-state index contributed by atoms with van der Waals surface area (Å²) in [5.74, 6) is 0.0605. The van der Waals surface area contributed by atoms with Crippen molar-refractivity contribution >= 4 is 36.1 Å². The number of hydrogen-bond donors (Lipinski definition) is 2. The van der Waals surface area contributed by atoms with Gasteiger partial charge in [-0.1, -0.05) is 79.2 Å². The number of ketones is 1. The lowest BCUT2D eigenvalue weighted by Gasteiger charge is -2.64. The molecule has 1 aromatic heterocycles. The van der Waals surface area contributed by atoms with Crippen LogP contribution in [0.1, 0.15) is 128 Å². The zero-order valence-corrected chi connectivity index (χ0v) is 28.2. The quantitative estimate of drug-likeness (QED) is 0.137. The summed E-state index contributed by atoms with van der Waals surface area (Å²) in [5.41, 5.74) is -0.120. The van der Waals surface area contributed by atoms with Gasteiger partial charge in [0.1, 0.15) is 5.78 Å². The minimum atomic E-state index is -0.651. The van der Waals surface area contributed by atoms with Crippen molar-refractivity contribution in [3.63, 3.8) is 0 Å². The van der Waals surface area contributed by atoms with Crippen molar-refractivity contribution in [3.8, 4) is 0 Å². The van der Waals surface area contributed by atoms with E-state index in [1.807, 2.05) is 11.4 Å². The number of carbonyl (C=O) groups is 3. The van der Waals surface area contributed by atoms with Crippen LogP contribution in [-0.2, 0) is 18.9 Å². The first-order valence-electron chi connectivity index (χ1n) is 16.9. The molecule has 2 heterocycles. The fourth-order valence-electron chi connectivity index (χ4n) is 7.74. The second kappa shape index (κ2) is 15.1. The summed E-state index contributed by atoms with van der Waals surface area (Å²) in [4.78, 5) is 40.2. The maximum atomic E-state index is 13.8. The number of amides is 2. The van der Waals surface area contributed by atoms with Gasteiger partial charge < -0.3 is 19.9 Å². The topological polar surface area (TPSA) is 93.7 Å². The molecule has 0 spiro atoms. The zero-order valence-electron chi connectivity index (χ0n) is 27.4. The molecule has 3 saturated carbocycles. The number of carbonyl (C=O) groups excluding carboxylic acids is 3. The molecule has 2 N–H and O–H groups in total. The molecular formula is C34H55BN2O5S. The molecule has 240 valence electrons. The average molecular weight is 615 g/mol. The Kier molecular flexibility index (Phi) is 12.0. The van der Waals surface area contributed by atoms with E-state index >= 15 is 0 Å². The van der Waals surface area contributed by atoms with Crippen LogP contribution in [0.3, 0.4) is 0 Å². The highest BCUT2D eigenvalue weighted by Crippen LogP contribution is 2.65. The van der Waals surface area contributed by atoms with Gasteiger partial charge in [-0.2, -0.15) is 0 Å². The van der Waals surface area contributed by atoms with Gasteiger partial charge in [0.25, 0.3) is 5.91 Å². The maximum absolute atomic E-state index is 13.8. The summed E-state index contributed by atoms with van der Waals surface area (Å²) in [6.45, 7) is 13.5. The van der Waals surface area contributed by atoms with Crippen molar-refractivity contribution in [2.75, 3.05) is 6.54 Å². The Morgan fingerprint density at radius 3 is 2.44 bits per heavy atom. The molecule has 5 rings (SSSR count). The normalized spacial score (nSPS) is 26.9. The van der Waals surface area contributed by atoms with E-state index in [0.717, 1.165) is 25.7 Å². The molecule has 1 aromatic rings. The highest BCUT2D eigenvalue weighted by atomic mass is 32.1. The van der Waals surface area contributed by atoms with Gasteiger partial charge >= 0.3 is 7.12 Å². The van der Waals surface area contributed by atoms with Crippen LogP contribution >= 0.6 is 11.3 Å². The molecule has 0 aromatic carbocycles. The van der Waals surface area contributed by atoms with Gasteiger partial charge in [-0.15, -0.1) is 11.3 Å². The van der Waals surface area contributed by atoms with Gasteiger partial charge in [-0.05, 0) is 67.2 Å². The first-order chi connectivity index (χ1) is 20.5. The van der Waals surface area contributed by atoms with Crippen molar-refractivity contribution < 1.29 is 23.7 Å². The van der Waals surface area contributed by atoms with Gasteiger partial charge in [-0.25, -0.2) is 0 Å². The molecule has 7 nitrogen and oxygen atoms in total. The second-order valence-electron chi connectivity index (χ2n) is 14.6. The summed E-state index contributed by atoms with van der Waals surface area (Å²) in [6.07, 6.45) is 11.5. The highest BCUT2D eigenvalue weighted by molar-refractivity contribution is 7.12. The van der Waals surface area contributed by atoms with Gasteiger partial charge in [0.05, 0.1) is 28.4 Å². The SMILES string of the molecule is CCCCCCCCCC(=O)C[C@@H](CNC(=O)c1cccs1)C(=O)N[C@@H](CC(C)C)B1O[C@@H]2C[C@H]3C[C@H](C3(C)C)[C@]2(C)O1. The Morgan fingerprint density at radius 1 is 1.07 bits per heavy atom. The van der Waals surface area contributed by atoms with Crippen molar-refractivity contribution in [2.24, 2.45) is 29.1 Å². The lowest BCUT2D eigenvalue weighted by atomic mass is 9.43. The van der Waals surface area contributed by atoms with Crippen molar-refractivity contribution in [3.05, 3.63) is 22.4 Å². The fraction of sp³-hybridized carbons (Fsp3) is 0.794. The number of Topliss-reactive ketones (excluding diaryl/α,β-unsaturated/α-hetero) is 1. The van der Waals surface area contributed by atoms with Gasteiger partial charge in [-0.3, -0.25) is 14.4 Å². The van der Waals surface area contributed by atoms with Crippen molar-refractivity contribution in [2.45, 2.75) is 136 Å². The standard InChI is InChI=1S/C34H55BN2O5S/c1-7-8-9-10-11-12-13-15-26(38)19-24(22-36-32(40)27-16-14-17-43-27)31(39)37-30(18-23(2)3)35-41-29-21-25-20-28(33(25,4)5)34(29,6)42-35/h14,16-17,23-25,28-30H,7-13,15,18-22H2,1-6H3,(H,36,40)(H,37,39)/t24-,25+,28+,29+,30-,34-/m0/s1. The van der Waals surface area contributed by atoms with Crippen molar-refractivity contribution in [1.82, 2.24) is 10.6 Å². The lowest BCUT2D eigenvalue weighted by Crippen LogP contribution is -2.65. The zero-order chi connectivity index (χ0) is 31.2. The van der Waals surface area contributed by atoms with Crippen LogP contribution in [0.25, 0.3) is 0 Å². The average Bonchev–Trinajstić information content (AvgIpc) is 3.61. The monoisotopic (exact) mass is 614 g/mol. The third kappa shape index (κ3) is 8.32. The molecule has 1 saturated heterocycles. The molecule has 3 aliphatic carbocycles. The number of rotatable bonds is 18. The number of thiophene rings is 1. The van der Waals surface area contributed by atoms with Crippen LogP contribution in [0.15, 0.2) is 17.5 Å². The van der Waals surface area contributed by atoms with Crippen LogP contribution in [0, 0.1) is 29.1 Å². The summed E-state index contributed by atoms with van der Waals surface area (Å²) in [7, 11) is -0.527. The summed E-state index contributed by atoms with van der Waals surface area (Å²) in [5, 5.41) is 8.00. The summed E-state index contributed by atoms with van der Waals surface area (Å²) < 4.78 is 13.3. The number of unbranched alkanes of at least 4 members (excludes halogenated alkanes) is 6. The van der Waals surface area contributed by atoms with E-state index < -0.39 is 13.0 Å². The lowest BCUT2D eigenvalue weighted by molar-refractivity contribution is -0.199. The maximum Gasteiger partial charge on any atom is 0.481 e. The molecule has 4 aliphatic rings. The van der Waals surface area contributed by atoms with E-state index in [2.05, 4.69) is 52.2 Å². The first kappa shape index (κ1) is 34.2. The van der Waals surface area contributed by atoms with Crippen LogP contribution in [0.2, 0.25) is 0 Å². The number of hydrogen-bond acceptors (Lipinski definition) is 6. The van der Waals surface area contributed by atoms with Crippen LogP contribution in [-0.4, -0.2) is 48.9 Å². The van der Waals surface area contributed by atoms with Gasteiger partial charge in [0.15, 0.2) is 0 Å². The molecule has 9 heteroatoms. The summed E-state index contributed by atoms with van der Waals surface area (Å²) in [6, 6.07) is 3.59. The van der Waals surface area contributed by atoms with E-state index in [1.54, 1.807) is 6.07 Å². The molecule has 6 atom stereocenters. The third-order valence-electron chi connectivity index (χ3n) is 10.5. The Labute approximate surface area is 264 Å². The first-order valence-corrected chi connectivity index (χ1v) is 17.8. The van der Waals surface area contributed by atoms with E-state index in [9.17, 15) is 14.4 Å². The predicted molar refractivity (Wildman–Crippen MR) is 174 cm³/mol. The molecule has 0 radical (unpaired) electrons. The van der Waals surface area contributed by atoms with E-state index in [-0.39, 0.29) is 53.6 Å². The molecule has 4 fully saturated rings. The number of nitrogens with one attached hydrogen (secondary N) is 2. The molecule has 1 aliphatic heterocycles. The fourth-order valence-corrected chi connectivity index (χ4v) is 8.38. The minimum absolute atomic E-state index is 0.0327. The molecule has 2 bridgehead atoms. The third-order valence-corrected chi connectivity index (χ3v) is 11.4. The van der Waals surface area contributed by atoms with E-state index in [4.69, 9.17) is 9.31 Å². The molecule has 43 heavy (non-hydrogen) atoms. The Morgan fingerprint density at radius 2 is 1.79 bits per heavy atom. The van der Waals surface area contributed by atoms with Crippen LogP contribution in [0.5, 0.6) is 0 Å². The largest absolute Gasteiger partial charge is 0.481 e. The Balaban J connectivity index is 1.38. The van der Waals surface area contributed by atoms with E-state index in [1.165, 1.54) is 43.4 Å². The van der Waals surface area contributed by atoms with Gasteiger partial charge in [0.2, 0.25) is 5.91 Å². The van der Waals surface area contributed by atoms with Crippen LogP contribution in [0.4, 0.5) is 0 Å².